The van der Waals surface area contributed by atoms with Gasteiger partial charge in [0.1, 0.15) is 11.2 Å². The van der Waals surface area contributed by atoms with Gasteiger partial charge in [-0.2, -0.15) is 0 Å². The van der Waals surface area contributed by atoms with Crippen LogP contribution in [0.2, 0.25) is 0 Å². The van der Waals surface area contributed by atoms with Crippen molar-refractivity contribution in [2.24, 2.45) is 0 Å². The van der Waals surface area contributed by atoms with Crippen LogP contribution in [0, 0.1) is 0 Å². The van der Waals surface area contributed by atoms with Gasteiger partial charge in [0.2, 0.25) is 0 Å². The molecule has 0 aliphatic carbocycles. The second-order valence-electron chi connectivity index (χ2n) is 36.6. The number of pyridine rings is 7. The lowest BCUT2D eigenvalue weighted by atomic mass is 9.90. The third kappa shape index (κ3) is 12.1. The second kappa shape index (κ2) is 31.0. The summed E-state index contributed by atoms with van der Waals surface area (Å²) < 4.78 is 6.84. The summed E-state index contributed by atoms with van der Waals surface area (Å²) in [7, 11) is 0. The van der Waals surface area contributed by atoms with Gasteiger partial charge in [0.15, 0.2) is 0 Å². The highest BCUT2D eigenvalue weighted by Gasteiger charge is 2.27. The summed E-state index contributed by atoms with van der Waals surface area (Å²) in [6.07, 6.45) is 9.61. The molecule has 139 heavy (non-hydrogen) atoms. The van der Waals surface area contributed by atoms with Crippen LogP contribution < -0.4 is 0 Å². The number of hydrogen-bond acceptors (Lipinski definition) is 8. The van der Waals surface area contributed by atoms with E-state index in [9.17, 15) is 0 Å². The zero-order chi connectivity index (χ0) is 91.0. The molecule has 640 valence electrons. The Morgan fingerprint density at radius 3 is 1.12 bits per heavy atom. The van der Waals surface area contributed by atoms with Crippen LogP contribution in [0.4, 0.5) is 0 Å². The average Bonchev–Trinajstić information content (AvgIpc) is 1.15. The van der Waals surface area contributed by atoms with Crippen molar-refractivity contribution in [3.8, 4) is 67.2 Å². The zero-order valence-corrected chi connectivity index (χ0v) is 74.8. The van der Waals surface area contributed by atoms with Crippen molar-refractivity contribution in [3.63, 3.8) is 0 Å². The Bertz CT molecular complexity index is 10600. The summed E-state index contributed by atoms with van der Waals surface area (Å²) in [5, 5.41) is 42.6. The highest BCUT2D eigenvalue weighted by Crippen LogP contribution is 2.51. The molecule has 31 rings (SSSR count). The van der Waals surface area contributed by atoms with Crippen LogP contribution in [0.3, 0.4) is 0 Å². The molecule has 8 heteroatoms. The molecule has 31 aromatic rings. The Hall–Kier alpha value is -18.6. The van der Waals surface area contributed by atoms with Crippen molar-refractivity contribution in [1.82, 2.24) is 34.9 Å². The first-order chi connectivity index (χ1) is 69.0. The fourth-order valence-corrected chi connectivity index (χ4v) is 22.9. The first-order valence-electron chi connectivity index (χ1n) is 47.3. The molecule has 0 fully saturated rings. The van der Waals surface area contributed by atoms with E-state index in [0.29, 0.717) is 0 Å². The van der Waals surface area contributed by atoms with Crippen LogP contribution in [0.1, 0.15) is 0 Å². The van der Waals surface area contributed by atoms with E-state index in [0.717, 1.165) is 192 Å². The normalized spacial score (nSPS) is 12.0. The molecule has 8 aromatic heterocycles. The molecule has 8 heterocycles. The Morgan fingerprint density at radius 1 is 0.158 bits per heavy atom. The maximum absolute atomic E-state index is 6.84. The lowest BCUT2D eigenvalue weighted by Crippen LogP contribution is -1.95. The van der Waals surface area contributed by atoms with Gasteiger partial charge in [-0.25, -0.2) is 15.0 Å². The minimum atomic E-state index is 0.896. The largest absolute Gasteiger partial charge is 0.455 e. The number of hydrogen-bond donors (Lipinski definition) is 0. The zero-order valence-electron chi connectivity index (χ0n) is 74.8. The highest BCUT2D eigenvalue weighted by atomic mass is 16.3. The molecule has 0 aliphatic heterocycles. The van der Waals surface area contributed by atoms with Crippen molar-refractivity contribution >= 4 is 238 Å². The van der Waals surface area contributed by atoms with Gasteiger partial charge in [-0.3, -0.25) is 19.9 Å². The SMILES string of the molecule is c1cc(-c2cc3ccc4cccc5ccc(c2)c3c45)cc(-c2nc3c4ccccc4c4ccccc4c3c3ncc4ccccc4c23)c1.c1cc(-c2nc3c4ccccc4c4ccccc4c3c3c2ccc2cccnc23)cc(-c2cc3ccccc3c3c2oc2ccc4ccccc4c23)c1.c1cncc(-c2ccc(-c3nc4c5ccccc5c5ccccc5c4c4ncc5ccccc5c34)cc2)c1. The molecule has 0 bridgehead atoms. The van der Waals surface area contributed by atoms with E-state index in [4.69, 9.17) is 34.3 Å². The van der Waals surface area contributed by atoms with Gasteiger partial charge in [-0.15, -0.1) is 0 Å². The standard InChI is InChI=1S/C50H28N2O.C46H26N2.C35H21N3/c1-3-16-34-29(11-1)23-25-42-43(34)46-35-17-4-2-12-32(35)28-41(50(46)53-42)31-13-9-14-33(27-31)47-40-24-22-30-15-10-26-51-48(30)45(40)44-38-20-7-5-18-36(38)37-19-6-8-21-39(37)49(44)52-47;1-2-14-35-33(9-1)26-47-46-42(35)44(48-45-39-18-6-4-16-37(39)36-15-3-5-17-38(36)43(45)46)32-13-8-12-29(23-32)34-24-30-21-19-27-10-7-11-28-20-22-31(25-34)41(30)40(27)28;1-2-10-26-25(8-1)21-37-35-31(26)33(23-17-15-22(16-18-23)24-9-7-19-36-20-24)38-34-30-14-6-4-12-28(30)27-11-3-5-13-29(27)32(34)35/h1-28H;1-26H;1-21H. The first-order valence-corrected chi connectivity index (χ1v) is 47.3. The number of furan rings is 1. The first kappa shape index (κ1) is 77.9. The smallest absolute Gasteiger partial charge is 0.143 e. The molecule has 0 amide bonds. The van der Waals surface area contributed by atoms with E-state index in [-0.39, 0.29) is 0 Å². The van der Waals surface area contributed by atoms with Crippen LogP contribution in [0.25, 0.3) is 305 Å². The van der Waals surface area contributed by atoms with Crippen molar-refractivity contribution in [1.29, 1.82) is 0 Å². The Kier molecular flexibility index (Phi) is 17.4. The van der Waals surface area contributed by atoms with Crippen LogP contribution in [0.5, 0.6) is 0 Å². The van der Waals surface area contributed by atoms with Crippen molar-refractivity contribution in [2.75, 3.05) is 0 Å². The summed E-state index contributed by atoms with van der Waals surface area (Å²) in [5.41, 5.74) is 20.5. The number of nitrogens with zero attached hydrogens (tertiary/aromatic N) is 7. The summed E-state index contributed by atoms with van der Waals surface area (Å²) in [4.78, 5) is 36.3. The van der Waals surface area contributed by atoms with Crippen molar-refractivity contribution < 1.29 is 4.42 Å². The van der Waals surface area contributed by atoms with Crippen LogP contribution in [-0.2, 0) is 0 Å². The van der Waals surface area contributed by atoms with Gasteiger partial charge in [0, 0.05) is 134 Å². The predicted molar refractivity (Wildman–Crippen MR) is 585 cm³/mol. The molecule has 0 aliphatic rings. The van der Waals surface area contributed by atoms with E-state index >= 15 is 0 Å². The van der Waals surface area contributed by atoms with Gasteiger partial charge >= 0.3 is 0 Å². The van der Waals surface area contributed by atoms with Gasteiger partial charge in [-0.1, -0.05) is 376 Å². The molecular formula is C131H75N7O. The third-order valence-electron chi connectivity index (χ3n) is 29.1. The summed E-state index contributed by atoms with van der Waals surface area (Å²) in [6, 6.07) is 152. The van der Waals surface area contributed by atoms with Gasteiger partial charge in [0.25, 0.3) is 0 Å². The number of benzene rings is 23. The predicted octanol–water partition coefficient (Wildman–Crippen LogP) is 35.2. The lowest BCUT2D eigenvalue weighted by Gasteiger charge is -2.17. The van der Waals surface area contributed by atoms with E-state index in [1.165, 1.54) is 113 Å². The molecule has 0 radical (unpaired) electrons. The van der Waals surface area contributed by atoms with Crippen molar-refractivity contribution in [2.45, 2.75) is 0 Å². The quantitative estimate of drug-likeness (QED) is 0.152. The fourth-order valence-electron chi connectivity index (χ4n) is 22.9. The second-order valence-corrected chi connectivity index (χ2v) is 36.6. The molecule has 0 unspecified atom stereocenters. The van der Waals surface area contributed by atoms with Gasteiger partial charge < -0.3 is 4.42 Å². The topological polar surface area (TPSA) is 103 Å². The van der Waals surface area contributed by atoms with Crippen molar-refractivity contribution in [3.05, 3.63) is 456 Å². The Labute approximate surface area is 794 Å². The van der Waals surface area contributed by atoms with E-state index in [2.05, 4.69) is 417 Å². The van der Waals surface area contributed by atoms with Gasteiger partial charge in [0.05, 0.1) is 50.2 Å². The van der Waals surface area contributed by atoms with Crippen LogP contribution >= 0.6 is 0 Å². The third-order valence-corrected chi connectivity index (χ3v) is 29.1. The molecule has 23 aromatic carbocycles. The molecule has 0 saturated heterocycles. The monoisotopic (exact) mass is 1760 g/mol. The number of fused-ring (bicyclic) bond motifs is 37. The Balaban J connectivity index is 0.000000102. The molecule has 0 saturated carbocycles. The number of aromatic nitrogens is 7. The maximum atomic E-state index is 6.84. The summed E-state index contributed by atoms with van der Waals surface area (Å²) in [5.74, 6) is 0. The van der Waals surface area contributed by atoms with E-state index < -0.39 is 0 Å². The Morgan fingerprint density at radius 2 is 0.547 bits per heavy atom. The summed E-state index contributed by atoms with van der Waals surface area (Å²) >= 11 is 0. The molecule has 0 N–H and O–H groups in total. The lowest BCUT2D eigenvalue weighted by molar-refractivity contribution is 0.670. The highest BCUT2D eigenvalue weighted by molar-refractivity contribution is 6.38. The summed E-state index contributed by atoms with van der Waals surface area (Å²) in [6.45, 7) is 0. The average molecular weight is 1760 g/mol. The van der Waals surface area contributed by atoms with E-state index in [1.54, 1.807) is 6.20 Å². The minimum absolute atomic E-state index is 0.896. The molecule has 0 atom stereocenters. The minimum Gasteiger partial charge on any atom is -0.455 e. The van der Waals surface area contributed by atoms with Crippen LogP contribution in [-0.4, -0.2) is 34.9 Å². The number of rotatable bonds is 6. The van der Waals surface area contributed by atoms with Crippen LogP contribution in [0.15, 0.2) is 460 Å². The molecular weight excluding hydrogens is 1690 g/mol. The van der Waals surface area contributed by atoms with Gasteiger partial charge in [-0.05, 0) is 189 Å². The maximum Gasteiger partial charge on any atom is 0.143 e. The fraction of sp³-hybridized carbons (Fsp3) is 0. The molecule has 8 nitrogen and oxygen atoms in total. The molecule has 0 spiro atoms. The van der Waals surface area contributed by atoms with E-state index in [1.807, 2.05) is 36.9 Å².